The van der Waals surface area contributed by atoms with E-state index in [9.17, 15) is 18.0 Å². The lowest BCUT2D eigenvalue weighted by Crippen LogP contribution is -2.55. The van der Waals surface area contributed by atoms with Gasteiger partial charge in [0.25, 0.3) is 5.91 Å². The van der Waals surface area contributed by atoms with Gasteiger partial charge in [0.2, 0.25) is 6.29 Å². The third kappa shape index (κ3) is 9.16. The molecule has 0 bridgehead atoms. The largest absolute Gasteiger partial charge is 0.446 e. The number of carbonyl (C=O) groups is 2. The van der Waals surface area contributed by atoms with E-state index < -0.39 is 12.5 Å². The monoisotopic (exact) mass is 535 g/mol. The molecule has 2 atom stereocenters. The summed E-state index contributed by atoms with van der Waals surface area (Å²) in [5.41, 5.74) is 11.2. The molecule has 4 rings (SSSR count). The Morgan fingerprint density at radius 3 is 2.42 bits per heavy atom. The zero-order valence-electron chi connectivity index (χ0n) is 21.8. The second-order valence-corrected chi connectivity index (χ2v) is 9.06. The summed E-state index contributed by atoms with van der Waals surface area (Å²) in [5, 5.41) is 13.7. The van der Waals surface area contributed by atoms with Gasteiger partial charge < -0.3 is 26.4 Å². The van der Waals surface area contributed by atoms with E-state index in [1.54, 1.807) is 0 Å². The summed E-state index contributed by atoms with van der Waals surface area (Å²) in [5.74, 6) is -0.101. The van der Waals surface area contributed by atoms with Gasteiger partial charge in [0.05, 0.1) is 11.4 Å². The van der Waals surface area contributed by atoms with Gasteiger partial charge in [0, 0.05) is 44.0 Å². The SMILES string of the molecule is CC(C)=CCN1c2cc(NC(=O)c3ccccc3)ccc2NC1N1CCCC(N)C1.CO.O=CC(F)(F)F. The highest BCUT2D eigenvalue weighted by molar-refractivity contribution is 6.04. The molecule has 208 valence electrons. The predicted molar refractivity (Wildman–Crippen MR) is 144 cm³/mol. The number of aliphatic hydroxyl groups is 1. The topological polar surface area (TPSA) is 111 Å². The van der Waals surface area contributed by atoms with Crippen LogP contribution in [0.5, 0.6) is 0 Å². The molecular formula is C27H36F3N5O3. The summed E-state index contributed by atoms with van der Waals surface area (Å²) < 4.78 is 31.2. The average molecular weight is 536 g/mol. The van der Waals surface area contributed by atoms with Gasteiger partial charge in [-0.2, -0.15) is 13.2 Å². The number of amides is 1. The number of alkyl halides is 3. The number of nitrogens with two attached hydrogens (primary N) is 1. The number of nitrogens with zero attached hydrogens (tertiary/aromatic N) is 2. The molecule has 1 fully saturated rings. The maximum atomic E-state index is 12.6. The number of likely N-dealkylation sites (tertiary alicyclic amines) is 1. The van der Waals surface area contributed by atoms with Crippen molar-refractivity contribution in [1.82, 2.24) is 4.90 Å². The standard InChI is InChI=1S/C24H31N5O.C2HF3O.CH4O/c1-17(2)12-14-29-22-15-20(26-23(30)18-7-4-3-5-8-18)10-11-21(22)27-24(29)28-13-6-9-19(25)16-28;3-2(4,5)1-6;1-2/h3-5,7-8,10-12,15,19,24,27H,6,9,13-14,16,25H2,1-2H3,(H,26,30);1H;2H,1H3. The van der Waals surface area contributed by atoms with E-state index in [1.807, 2.05) is 36.4 Å². The van der Waals surface area contributed by atoms with Crippen molar-refractivity contribution in [1.29, 1.82) is 0 Å². The van der Waals surface area contributed by atoms with Crippen LogP contribution in [0.1, 0.15) is 37.0 Å². The van der Waals surface area contributed by atoms with Crippen LogP contribution in [0.3, 0.4) is 0 Å². The van der Waals surface area contributed by atoms with Crippen molar-refractivity contribution in [3.63, 3.8) is 0 Å². The number of hydrogen-bond acceptors (Lipinski definition) is 7. The first-order chi connectivity index (χ1) is 18.1. The molecule has 1 saturated heterocycles. The lowest BCUT2D eigenvalue weighted by Gasteiger charge is -2.39. The van der Waals surface area contributed by atoms with Crippen LogP contribution < -0.4 is 21.3 Å². The smallest absolute Gasteiger partial charge is 0.400 e. The minimum absolute atomic E-state index is 0.0713. The van der Waals surface area contributed by atoms with Gasteiger partial charge in [-0.05, 0) is 57.0 Å². The van der Waals surface area contributed by atoms with Gasteiger partial charge in [-0.3, -0.25) is 14.5 Å². The van der Waals surface area contributed by atoms with Gasteiger partial charge in [0.15, 0.2) is 6.29 Å². The molecule has 8 nitrogen and oxygen atoms in total. The Balaban J connectivity index is 0.000000560. The Morgan fingerprint density at radius 2 is 1.84 bits per heavy atom. The number of nitrogens with one attached hydrogen (secondary N) is 2. The van der Waals surface area contributed by atoms with Gasteiger partial charge in [-0.1, -0.05) is 29.8 Å². The maximum Gasteiger partial charge on any atom is 0.446 e. The van der Waals surface area contributed by atoms with E-state index >= 15 is 0 Å². The van der Waals surface area contributed by atoms with Crippen LogP contribution in [0.15, 0.2) is 60.2 Å². The number of halogens is 3. The van der Waals surface area contributed by atoms with Crippen LogP contribution in [0, 0.1) is 0 Å². The van der Waals surface area contributed by atoms with Crippen molar-refractivity contribution in [3.05, 3.63) is 65.7 Å². The highest BCUT2D eigenvalue weighted by Crippen LogP contribution is 2.38. The number of aldehydes is 1. The quantitative estimate of drug-likeness (QED) is 0.336. The molecule has 2 heterocycles. The summed E-state index contributed by atoms with van der Waals surface area (Å²) in [6, 6.07) is 15.6. The Kier molecular flexibility index (Phi) is 11.8. The first-order valence-corrected chi connectivity index (χ1v) is 12.2. The second kappa shape index (κ2) is 14.5. The van der Waals surface area contributed by atoms with Crippen LogP contribution in [-0.2, 0) is 4.79 Å². The summed E-state index contributed by atoms with van der Waals surface area (Å²) in [6.07, 6.45) is -1.19. The Morgan fingerprint density at radius 1 is 1.18 bits per heavy atom. The van der Waals surface area contributed by atoms with Crippen molar-refractivity contribution in [2.45, 2.75) is 45.2 Å². The lowest BCUT2D eigenvalue weighted by atomic mass is 10.1. The fraction of sp³-hybridized carbons (Fsp3) is 0.407. The second-order valence-electron chi connectivity index (χ2n) is 9.06. The summed E-state index contributed by atoms with van der Waals surface area (Å²) in [4.78, 5) is 26.1. The van der Waals surface area contributed by atoms with E-state index in [0.29, 0.717) is 5.56 Å². The minimum Gasteiger partial charge on any atom is -0.400 e. The molecule has 2 aliphatic rings. The molecule has 0 aromatic heterocycles. The zero-order chi connectivity index (χ0) is 28.3. The highest BCUT2D eigenvalue weighted by Gasteiger charge is 2.34. The molecule has 2 unspecified atom stereocenters. The third-order valence-electron chi connectivity index (χ3n) is 5.85. The number of piperidine rings is 1. The number of hydrogen-bond donors (Lipinski definition) is 4. The van der Waals surface area contributed by atoms with E-state index in [-0.39, 0.29) is 18.2 Å². The number of rotatable bonds is 5. The number of benzene rings is 2. The maximum absolute atomic E-state index is 12.6. The third-order valence-corrected chi connectivity index (χ3v) is 5.85. The Labute approximate surface area is 221 Å². The van der Waals surface area contributed by atoms with E-state index in [4.69, 9.17) is 15.6 Å². The van der Waals surface area contributed by atoms with Crippen LogP contribution in [0.2, 0.25) is 0 Å². The molecule has 0 radical (unpaired) electrons. The number of carbonyl (C=O) groups excluding carboxylic acids is 2. The molecule has 0 aliphatic carbocycles. The first-order valence-electron chi connectivity index (χ1n) is 12.2. The molecule has 0 saturated carbocycles. The molecule has 11 heteroatoms. The normalized spacial score (nSPS) is 18.5. The summed E-state index contributed by atoms with van der Waals surface area (Å²) in [6.45, 7) is 6.95. The molecule has 2 aromatic carbocycles. The van der Waals surface area contributed by atoms with Crippen LogP contribution in [0.25, 0.3) is 0 Å². The van der Waals surface area contributed by atoms with Gasteiger partial charge in [0.1, 0.15) is 0 Å². The highest BCUT2D eigenvalue weighted by atomic mass is 19.4. The molecule has 2 aliphatic heterocycles. The molecule has 2 aromatic rings. The zero-order valence-corrected chi connectivity index (χ0v) is 21.8. The van der Waals surface area contributed by atoms with E-state index in [2.05, 4.69) is 52.5 Å². The summed E-state index contributed by atoms with van der Waals surface area (Å²) in [7, 11) is 1.00. The molecule has 5 N–H and O–H groups in total. The first kappa shape index (κ1) is 30.8. The van der Waals surface area contributed by atoms with Crippen LogP contribution in [0.4, 0.5) is 30.2 Å². The van der Waals surface area contributed by atoms with Crippen molar-refractivity contribution in [2.24, 2.45) is 5.73 Å². The number of allylic oxidation sites excluding steroid dienone is 1. The molecule has 38 heavy (non-hydrogen) atoms. The van der Waals surface area contributed by atoms with Gasteiger partial charge >= 0.3 is 6.18 Å². The van der Waals surface area contributed by atoms with E-state index in [1.165, 1.54) is 5.57 Å². The molecule has 0 spiro atoms. The summed E-state index contributed by atoms with van der Waals surface area (Å²) >= 11 is 0. The van der Waals surface area contributed by atoms with E-state index in [0.717, 1.165) is 56.6 Å². The predicted octanol–water partition coefficient (Wildman–Crippen LogP) is 4.20. The van der Waals surface area contributed by atoms with Crippen LogP contribution >= 0.6 is 0 Å². The molecular weight excluding hydrogens is 499 g/mol. The number of anilines is 3. The Hall–Kier alpha value is -3.41. The number of fused-ring (bicyclic) bond motifs is 1. The minimum atomic E-state index is -4.64. The van der Waals surface area contributed by atoms with Crippen molar-refractivity contribution >= 4 is 29.3 Å². The molecule has 1 amide bonds. The van der Waals surface area contributed by atoms with Crippen molar-refractivity contribution < 1.29 is 27.9 Å². The fourth-order valence-corrected chi connectivity index (χ4v) is 4.14. The fourth-order valence-electron chi connectivity index (χ4n) is 4.14. The van der Waals surface area contributed by atoms with Gasteiger partial charge in [-0.25, -0.2) is 0 Å². The Bertz CT molecular complexity index is 1080. The van der Waals surface area contributed by atoms with Crippen molar-refractivity contribution in [3.8, 4) is 0 Å². The van der Waals surface area contributed by atoms with Crippen molar-refractivity contribution in [2.75, 3.05) is 42.3 Å². The lowest BCUT2D eigenvalue weighted by molar-refractivity contribution is -0.156. The average Bonchev–Trinajstić information content (AvgIpc) is 3.27. The van der Waals surface area contributed by atoms with Gasteiger partial charge in [-0.15, -0.1) is 0 Å². The van der Waals surface area contributed by atoms with Crippen LogP contribution in [-0.4, -0.2) is 67.5 Å². The number of aliphatic hydroxyl groups excluding tert-OH is 1.